The van der Waals surface area contributed by atoms with Gasteiger partial charge in [-0.2, -0.15) is 0 Å². The van der Waals surface area contributed by atoms with Crippen LogP contribution in [-0.4, -0.2) is 26.2 Å². The lowest BCUT2D eigenvalue weighted by molar-refractivity contribution is 0.345. The van der Waals surface area contributed by atoms with Gasteiger partial charge >= 0.3 is 0 Å². The minimum Gasteiger partial charge on any atom is -0.316 e. The van der Waals surface area contributed by atoms with Crippen molar-refractivity contribution < 1.29 is 0 Å². The van der Waals surface area contributed by atoms with Gasteiger partial charge in [-0.1, -0.05) is 6.92 Å². The van der Waals surface area contributed by atoms with Crippen molar-refractivity contribution in [2.75, 3.05) is 26.2 Å². The van der Waals surface area contributed by atoms with E-state index in [0.29, 0.717) is 0 Å². The van der Waals surface area contributed by atoms with Crippen molar-refractivity contribution >= 4 is 0 Å². The molecule has 0 amide bonds. The third kappa shape index (κ3) is 3.25. The highest BCUT2D eigenvalue weighted by molar-refractivity contribution is 4.80. The first-order valence-electron chi connectivity index (χ1n) is 6.27. The van der Waals surface area contributed by atoms with Crippen molar-refractivity contribution in [1.82, 2.24) is 10.6 Å². The summed E-state index contributed by atoms with van der Waals surface area (Å²) >= 11 is 0. The molecule has 1 heterocycles. The molecule has 2 atom stereocenters. The largest absolute Gasteiger partial charge is 0.316 e. The minimum atomic E-state index is 0.884. The fourth-order valence-electron chi connectivity index (χ4n) is 2.45. The summed E-state index contributed by atoms with van der Waals surface area (Å²) in [4.78, 5) is 0. The molecular formula is C12H24N2. The van der Waals surface area contributed by atoms with Gasteiger partial charge in [0.2, 0.25) is 0 Å². The number of hydrogen-bond donors (Lipinski definition) is 2. The summed E-state index contributed by atoms with van der Waals surface area (Å²) in [5, 5.41) is 7.10. The van der Waals surface area contributed by atoms with Crippen LogP contribution in [0.15, 0.2) is 0 Å². The molecule has 0 aromatic carbocycles. The van der Waals surface area contributed by atoms with E-state index in [1.807, 2.05) is 0 Å². The zero-order chi connectivity index (χ0) is 9.80. The molecule has 1 saturated heterocycles. The lowest BCUT2D eigenvalue weighted by atomic mass is 9.99. The van der Waals surface area contributed by atoms with Gasteiger partial charge in [-0.3, -0.25) is 0 Å². The Morgan fingerprint density at radius 2 is 2.21 bits per heavy atom. The maximum atomic E-state index is 3.64. The standard InChI is InChI=1S/C12H24N2/c1-10(12-4-5-12)7-14-9-11-3-2-6-13-8-11/h10-14H,2-9H2,1H3. The van der Waals surface area contributed by atoms with E-state index in [4.69, 9.17) is 0 Å². The Labute approximate surface area is 87.8 Å². The van der Waals surface area contributed by atoms with E-state index in [-0.39, 0.29) is 0 Å². The fraction of sp³-hybridized carbons (Fsp3) is 1.00. The van der Waals surface area contributed by atoms with Gasteiger partial charge in [-0.15, -0.1) is 0 Å². The van der Waals surface area contributed by atoms with Crippen LogP contribution >= 0.6 is 0 Å². The fourth-order valence-corrected chi connectivity index (χ4v) is 2.45. The molecule has 14 heavy (non-hydrogen) atoms. The second-order valence-electron chi connectivity index (χ2n) is 5.19. The first-order chi connectivity index (χ1) is 6.86. The van der Waals surface area contributed by atoms with E-state index in [1.54, 1.807) is 0 Å². The molecule has 1 aliphatic heterocycles. The Morgan fingerprint density at radius 1 is 1.36 bits per heavy atom. The van der Waals surface area contributed by atoms with Crippen LogP contribution in [0, 0.1) is 17.8 Å². The van der Waals surface area contributed by atoms with Crippen molar-refractivity contribution in [1.29, 1.82) is 0 Å². The van der Waals surface area contributed by atoms with Gasteiger partial charge in [0.1, 0.15) is 0 Å². The van der Waals surface area contributed by atoms with Crippen molar-refractivity contribution in [3.05, 3.63) is 0 Å². The topological polar surface area (TPSA) is 24.1 Å². The first-order valence-corrected chi connectivity index (χ1v) is 6.27. The van der Waals surface area contributed by atoms with E-state index in [9.17, 15) is 0 Å². The third-order valence-corrected chi connectivity index (χ3v) is 3.73. The van der Waals surface area contributed by atoms with Crippen molar-refractivity contribution in [3.63, 3.8) is 0 Å². The summed E-state index contributed by atoms with van der Waals surface area (Å²) in [6.45, 7) is 7.31. The van der Waals surface area contributed by atoms with Crippen LogP contribution in [0.1, 0.15) is 32.6 Å². The van der Waals surface area contributed by atoms with Crippen LogP contribution in [0.5, 0.6) is 0 Å². The van der Waals surface area contributed by atoms with E-state index >= 15 is 0 Å². The molecule has 2 nitrogen and oxygen atoms in total. The quantitative estimate of drug-likeness (QED) is 0.698. The molecule has 2 fully saturated rings. The van der Waals surface area contributed by atoms with Crippen LogP contribution in [0.3, 0.4) is 0 Å². The van der Waals surface area contributed by atoms with Gasteiger partial charge in [0, 0.05) is 0 Å². The van der Waals surface area contributed by atoms with E-state index in [1.165, 1.54) is 51.9 Å². The molecule has 82 valence electrons. The highest BCUT2D eigenvalue weighted by atomic mass is 14.9. The van der Waals surface area contributed by atoms with Crippen LogP contribution in [0.25, 0.3) is 0 Å². The van der Waals surface area contributed by atoms with Gasteiger partial charge in [0.05, 0.1) is 0 Å². The average molecular weight is 196 g/mol. The Hall–Kier alpha value is -0.0800. The molecule has 2 N–H and O–H groups in total. The van der Waals surface area contributed by atoms with Crippen molar-refractivity contribution in [3.8, 4) is 0 Å². The van der Waals surface area contributed by atoms with Crippen LogP contribution < -0.4 is 10.6 Å². The van der Waals surface area contributed by atoms with Crippen LogP contribution in [0.4, 0.5) is 0 Å². The van der Waals surface area contributed by atoms with Gasteiger partial charge < -0.3 is 10.6 Å². The van der Waals surface area contributed by atoms with Gasteiger partial charge in [-0.25, -0.2) is 0 Å². The SMILES string of the molecule is CC(CNCC1CCCNC1)C1CC1. The lowest BCUT2D eigenvalue weighted by Gasteiger charge is -2.23. The van der Waals surface area contributed by atoms with Gasteiger partial charge in [0.25, 0.3) is 0 Å². The zero-order valence-corrected chi connectivity index (χ0v) is 9.39. The molecule has 0 bridgehead atoms. The average Bonchev–Trinajstić information content (AvgIpc) is 3.02. The summed E-state index contributed by atoms with van der Waals surface area (Å²) in [7, 11) is 0. The van der Waals surface area contributed by atoms with Crippen molar-refractivity contribution in [2.24, 2.45) is 17.8 Å². The number of rotatable bonds is 5. The summed E-state index contributed by atoms with van der Waals surface area (Å²) in [5.41, 5.74) is 0. The Balaban J connectivity index is 1.52. The summed E-state index contributed by atoms with van der Waals surface area (Å²) in [6, 6.07) is 0. The molecule has 0 aromatic rings. The molecule has 0 aromatic heterocycles. The number of piperidine rings is 1. The van der Waals surface area contributed by atoms with E-state index in [2.05, 4.69) is 17.6 Å². The summed E-state index contributed by atoms with van der Waals surface area (Å²) in [5.74, 6) is 2.84. The second kappa shape index (κ2) is 5.13. The molecule has 1 saturated carbocycles. The highest BCUT2D eigenvalue weighted by Crippen LogP contribution is 2.36. The maximum Gasteiger partial charge on any atom is -0.000826 e. The number of nitrogens with one attached hydrogen (secondary N) is 2. The highest BCUT2D eigenvalue weighted by Gasteiger charge is 2.27. The van der Waals surface area contributed by atoms with Gasteiger partial charge in [0.15, 0.2) is 0 Å². The smallest absolute Gasteiger partial charge is 0.000826 e. The second-order valence-corrected chi connectivity index (χ2v) is 5.19. The van der Waals surface area contributed by atoms with Gasteiger partial charge in [-0.05, 0) is 69.6 Å². The monoisotopic (exact) mass is 196 g/mol. The Kier molecular flexibility index (Phi) is 3.82. The summed E-state index contributed by atoms with van der Waals surface area (Å²) < 4.78 is 0. The molecule has 2 heteroatoms. The van der Waals surface area contributed by atoms with Crippen molar-refractivity contribution in [2.45, 2.75) is 32.6 Å². The van der Waals surface area contributed by atoms with Crippen LogP contribution in [-0.2, 0) is 0 Å². The van der Waals surface area contributed by atoms with Crippen LogP contribution in [0.2, 0.25) is 0 Å². The lowest BCUT2D eigenvalue weighted by Crippen LogP contribution is -2.37. The summed E-state index contributed by atoms with van der Waals surface area (Å²) in [6.07, 6.45) is 5.74. The molecule has 2 unspecified atom stereocenters. The molecule has 0 spiro atoms. The third-order valence-electron chi connectivity index (χ3n) is 3.73. The zero-order valence-electron chi connectivity index (χ0n) is 9.39. The Bertz CT molecular complexity index is 160. The first kappa shape index (κ1) is 10.4. The molecule has 2 rings (SSSR count). The van der Waals surface area contributed by atoms with E-state index < -0.39 is 0 Å². The Morgan fingerprint density at radius 3 is 2.86 bits per heavy atom. The molecule has 2 aliphatic rings. The molecule has 1 aliphatic carbocycles. The predicted octanol–water partition coefficient (Wildman–Crippen LogP) is 1.62. The normalized spacial score (nSPS) is 30.2. The molecule has 0 radical (unpaired) electrons. The van der Waals surface area contributed by atoms with E-state index in [0.717, 1.165) is 17.8 Å². The predicted molar refractivity (Wildman–Crippen MR) is 60.4 cm³/mol. The maximum absolute atomic E-state index is 3.64. The number of hydrogen-bond acceptors (Lipinski definition) is 2. The minimum absolute atomic E-state index is 0.884. The molecular weight excluding hydrogens is 172 g/mol.